The Morgan fingerprint density at radius 1 is 0.955 bits per heavy atom. The number of aromatic amines is 4. The zero-order valence-corrected chi connectivity index (χ0v) is 12.2. The number of aromatic nitrogens is 4. The zero-order valence-electron chi connectivity index (χ0n) is 12.2. The van der Waals surface area contributed by atoms with E-state index in [0.717, 1.165) is 6.42 Å². The Balaban J connectivity index is 0.000000220. The fourth-order valence-electron chi connectivity index (χ4n) is 1.53. The molecule has 0 saturated carbocycles. The maximum Gasteiger partial charge on any atom is 0.325 e. The van der Waals surface area contributed by atoms with Gasteiger partial charge in [0.05, 0.1) is 0 Å². The van der Waals surface area contributed by atoms with Gasteiger partial charge in [-0.15, -0.1) is 5.92 Å². The van der Waals surface area contributed by atoms with Gasteiger partial charge in [0.15, 0.2) is 0 Å². The molecular formula is C14H16N4O4. The van der Waals surface area contributed by atoms with E-state index in [1.807, 2.05) is 6.92 Å². The highest BCUT2D eigenvalue weighted by molar-refractivity contribution is 5.28. The van der Waals surface area contributed by atoms with E-state index < -0.39 is 16.9 Å². The standard InChI is InChI=1S/C7H10N2O2.C7H6N2O2/c2*1-2-3-5-4-8-7(11)9-6(5)10/h4H,2-3H2,1H3,(H2,8,9,10,11);4H,1H3,(H2,8,9,10,11). The van der Waals surface area contributed by atoms with Crippen molar-refractivity contribution >= 4 is 0 Å². The molecule has 8 heteroatoms. The van der Waals surface area contributed by atoms with Gasteiger partial charge < -0.3 is 9.97 Å². The van der Waals surface area contributed by atoms with Crippen LogP contribution >= 0.6 is 0 Å². The summed E-state index contributed by atoms with van der Waals surface area (Å²) in [6.45, 7) is 3.59. The monoisotopic (exact) mass is 304 g/mol. The summed E-state index contributed by atoms with van der Waals surface area (Å²) in [5.74, 6) is 5.09. The predicted molar refractivity (Wildman–Crippen MR) is 81.9 cm³/mol. The molecule has 2 aromatic heterocycles. The smallest absolute Gasteiger partial charge is 0.314 e. The van der Waals surface area contributed by atoms with Crippen molar-refractivity contribution in [2.45, 2.75) is 26.7 Å². The Bertz CT molecular complexity index is 905. The van der Waals surface area contributed by atoms with Crippen LogP contribution in [0.25, 0.3) is 0 Å². The van der Waals surface area contributed by atoms with E-state index in [1.165, 1.54) is 12.4 Å². The van der Waals surface area contributed by atoms with Gasteiger partial charge in [0, 0.05) is 18.0 Å². The molecule has 0 aliphatic rings. The number of H-pyrrole nitrogens is 4. The Morgan fingerprint density at radius 3 is 2.05 bits per heavy atom. The van der Waals surface area contributed by atoms with Crippen molar-refractivity contribution in [2.75, 3.05) is 0 Å². The lowest BCUT2D eigenvalue weighted by Crippen LogP contribution is -2.24. The van der Waals surface area contributed by atoms with E-state index in [-0.39, 0.29) is 11.1 Å². The highest BCUT2D eigenvalue weighted by atomic mass is 16.2. The van der Waals surface area contributed by atoms with Crippen LogP contribution in [0.15, 0.2) is 31.6 Å². The molecule has 0 amide bonds. The zero-order chi connectivity index (χ0) is 16.5. The fourth-order valence-corrected chi connectivity index (χ4v) is 1.53. The summed E-state index contributed by atoms with van der Waals surface area (Å²) in [6.07, 6.45) is 4.35. The van der Waals surface area contributed by atoms with E-state index in [9.17, 15) is 19.2 Å². The first-order valence-corrected chi connectivity index (χ1v) is 6.53. The summed E-state index contributed by atoms with van der Waals surface area (Å²) in [5.41, 5.74) is -0.801. The second-order valence-electron chi connectivity index (χ2n) is 4.21. The van der Waals surface area contributed by atoms with Gasteiger partial charge in [0.25, 0.3) is 11.1 Å². The van der Waals surface area contributed by atoms with Crippen molar-refractivity contribution in [2.24, 2.45) is 0 Å². The maximum atomic E-state index is 11.0. The summed E-state index contributed by atoms with van der Waals surface area (Å²) >= 11 is 0. The van der Waals surface area contributed by atoms with Crippen LogP contribution in [0.1, 0.15) is 31.4 Å². The van der Waals surface area contributed by atoms with E-state index in [4.69, 9.17) is 0 Å². The molecule has 0 fully saturated rings. The molecule has 2 aromatic rings. The van der Waals surface area contributed by atoms with Crippen molar-refractivity contribution in [1.82, 2.24) is 19.9 Å². The number of hydrogen-bond acceptors (Lipinski definition) is 4. The molecule has 0 aliphatic carbocycles. The maximum absolute atomic E-state index is 11.0. The normalized spacial score (nSPS) is 9.18. The molecule has 8 nitrogen and oxygen atoms in total. The molecule has 22 heavy (non-hydrogen) atoms. The minimum Gasteiger partial charge on any atom is -0.314 e. The van der Waals surface area contributed by atoms with Crippen LogP contribution in [0.3, 0.4) is 0 Å². The van der Waals surface area contributed by atoms with Crippen molar-refractivity contribution in [3.05, 3.63) is 65.2 Å². The van der Waals surface area contributed by atoms with Crippen LogP contribution in [-0.4, -0.2) is 19.9 Å². The topological polar surface area (TPSA) is 131 Å². The molecule has 0 aromatic carbocycles. The van der Waals surface area contributed by atoms with E-state index >= 15 is 0 Å². The Kier molecular flexibility index (Phi) is 6.37. The summed E-state index contributed by atoms with van der Waals surface area (Å²) in [6, 6.07) is 0. The molecule has 0 unspecified atom stereocenters. The average molecular weight is 304 g/mol. The van der Waals surface area contributed by atoms with Crippen molar-refractivity contribution in [3.8, 4) is 11.8 Å². The van der Waals surface area contributed by atoms with Crippen LogP contribution in [0.4, 0.5) is 0 Å². The largest absolute Gasteiger partial charge is 0.325 e. The second kappa shape index (κ2) is 8.26. The predicted octanol–water partition coefficient (Wildman–Crippen LogP) is -0.550. The number of nitrogens with one attached hydrogen (secondary N) is 4. The molecule has 116 valence electrons. The molecule has 0 saturated heterocycles. The first kappa shape index (κ1) is 17.0. The lowest BCUT2D eigenvalue weighted by atomic mass is 10.2. The van der Waals surface area contributed by atoms with E-state index in [1.54, 1.807) is 6.92 Å². The quantitative estimate of drug-likeness (QED) is 0.554. The number of aryl methyl sites for hydroxylation is 1. The number of rotatable bonds is 2. The van der Waals surface area contributed by atoms with Gasteiger partial charge in [0.1, 0.15) is 5.56 Å². The third-order valence-corrected chi connectivity index (χ3v) is 2.49. The van der Waals surface area contributed by atoms with Crippen LogP contribution in [-0.2, 0) is 6.42 Å². The molecular weight excluding hydrogens is 288 g/mol. The van der Waals surface area contributed by atoms with Gasteiger partial charge in [-0.3, -0.25) is 19.6 Å². The van der Waals surface area contributed by atoms with Gasteiger partial charge in [-0.2, -0.15) is 0 Å². The summed E-state index contributed by atoms with van der Waals surface area (Å²) < 4.78 is 0. The van der Waals surface area contributed by atoms with Gasteiger partial charge >= 0.3 is 11.4 Å². The summed E-state index contributed by atoms with van der Waals surface area (Å²) in [7, 11) is 0. The first-order valence-electron chi connectivity index (χ1n) is 6.53. The van der Waals surface area contributed by atoms with Crippen molar-refractivity contribution in [1.29, 1.82) is 0 Å². The summed E-state index contributed by atoms with van der Waals surface area (Å²) in [5, 5.41) is 0. The van der Waals surface area contributed by atoms with Crippen LogP contribution < -0.4 is 22.5 Å². The first-order chi connectivity index (χ1) is 10.5. The number of hydrogen-bond donors (Lipinski definition) is 4. The molecule has 0 aliphatic heterocycles. The van der Waals surface area contributed by atoms with Crippen LogP contribution in [0.5, 0.6) is 0 Å². The Labute approximate surface area is 124 Å². The van der Waals surface area contributed by atoms with Crippen LogP contribution in [0, 0.1) is 11.8 Å². The van der Waals surface area contributed by atoms with Gasteiger partial charge in [-0.25, -0.2) is 9.59 Å². The van der Waals surface area contributed by atoms with Crippen molar-refractivity contribution in [3.63, 3.8) is 0 Å². The molecule has 2 heterocycles. The molecule has 2 rings (SSSR count). The lowest BCUT2D eigenvalue weighted by Gasteiger charge is -1.93. The average Bonchev–Trinajstić information content (AvgIpc) is 2.46. The molecule has 0 bridgehead atoms. The fraction of sp³-hybridized carbons (Fsp3) is 0.286. The van der Waals surface area contributed by atoms with Crippen molar-refractivity contribution < 1.29 is 0 Å². The molecule has 0 atom stereocenters. The van der Waals surface area contributed by atoms with E-state index in [2.05, 4.69) is 31.8 Å². The third kappa shape index (κ3) is 5.13. The minimum absolute atomic E-state index is 0.270. The van der Waals surface area contributed by atoms with Gasteiger partial charge in [-0.1, -0.05) is 19.3 Å². The SMILES string of the molecule is CC#Cc1c[nH]c(=O)[nH]c1=O.CCCc1c[nH]c(=O)[nH]c1=O. The van der Waals surface area contributed by atoms with Crippen LogP contribution in [0.2, 0.25) is 0 Å². The molecule has 4 N–H and O–H groups in total. The Hall–Kier alpha value is -3.08. The highest BCUT2D eigenvalue weighted by Gasteiger charge is 1.96. The minimum atomic E-state index is -0.517. The van der Waals surface area contributed by atoms with E-state index in [0.29, 0.717) is 12.0 Å². The Morgan fingerprint density at radius 2 is 1.55 bits per heavy atom. The highest BCUT2D eigenvalue weighted by Crippen LogP contribution is 1.89. The van der Waals surface area contributed by atoms with Gasteiger partial charge in [0.2, 0.25) is 0 Å². The van der Waals surface area contributed by atoms with Gasteiger partial charge in [-0.05, 0) is 13.3 Å². The third-order valence-electron chi connectivity index (χ3n) is 2.49. The second-order valence-corrected chi connectivity index (χ2v) is 4.21. The lowest BCUT2D eigenvalue weighted by molar-refractivity contribution is 0.872. The summed E-state index contributed by atoms with van der Waals surface area (Å²) in [4.78, 5) is 51.8. The molecule has 0 radical (unpaired) electrons. The molecule has 0 spiro atoms.